The minimum Gasteiger partial charge on any atom is -0.493 e. The van der Waals surface area contributed by atoms with Gasteiger partial charge < -0.3 is 14.4 Å². The molecule has 7 heteroatoms. The molecule has 0 saturated carbocycles. The summed E-state index contributed by atoms with van der Waals surface area (Å²) in [4.78, 5) is 21.5. The van der Waals surface area contributed by atoms with E-state index < -0.39 is 0 Å². The monoisotopic (exact) mass is 357 g/mol. The number of ether oxygens (including phenoxy) is 2. The fourth-order valence-corrected chi connectivity index (χ4v) is 2.13. The van der Waals surface area contributed by atoms with E-state index in [1.54, 1.807) is 19.2 Å². The number of nitrogens with one attached hydrogen (secondary N) is 1. The van der Waals surface area contributed by atoms with Gasteiger partial charge in [-0.25, -0.2) is 4.98 Å². The van der Waals surface area contributed by atoms with Crippen molar-refractivity contribution in [3.8, 4) is 11.5 Å². The predicted octanol–water partition coefficient (Wildman–Crippen LogP) is 2.36. The molecular weight excluding hydrogens is 338 g/mol. The van der Waals surface area contributed by atoms with Gasteiger partial charge in [0, 0.05) is 19.2 Å². The molecule has 0 amide bonds. The lowest BCUT2D eigenvalue weighted by Crippen LogP contribution is -2.26. The van der Waals surface area contributed by atoms with E-state index in [0.717, 1.165) is 13.1 Å². The van der Waals surface area contributed by atoms with Crippen molar-refractivity contribution in [1.29, 1.82) is 0 Å². The summed E-state index contributed by atoms with van der Waals surface area (Å²) in [5.41, 5.74) is 0.408. The van der Waals surface area contributed by atoms with E-state index in [9.17, 15) is 4.79 Å². The summed E-state index contributed by atoms with van der Waals surface area (Å²) in [5.74, 6) is 1.64. The summed E-state index contributed by atoms with van der Waals surface area (Å²) in [6, 6.07) is 3.36. The molecule has 0 unspecified atom stereocenters. The van der Waals surface area contributed by atoms with Crippen LogP contribution in [0.4, 0.5) is 5.95 Å². The standard InChI is InChI=1S/C14H19N3O3.BrH/c1-5-17(6-2)14-15-10-8-12(20-4)11(19-3)7-9(10)13(18)16-14;/h7-8H,5-6H2,1-4H3,(H,15,16,18);1H. The van der Waals surface area contributed by atoms with E-state index in [2.05, 4.69) is 9.97 Å². The maximum atomic E-state index is 12.2. The summed E-state index contributed by atoms with van der Waals surface area (Å²) in [7, 11) is 3.09. The third-order valence-electron chi connectivity index (χ3n) is 3.26. The van der Waals surface area contributed by atoms with Crippen molar-refractivity contribution < 1.29 is 9.47 Å². The summed E-state index contributed by atoms with van der Waals surface area (Å²) in [5, 5.41) is 0.485. The molecule has 0 spiro atoms. The summed E-state index contributed by atoms with van der Waals surface area (Å²) < 4.78 is 10.4. The molecule has 0 bridgehead atoms. The first-order valence-corrected chi connectivity index (χ1v) is 6.55. The van der Waals surface area contributed by atoms with Crippen molar-refractivity contribution in [2.75, 3.05) is 32.2 Å². The molecule has 2 aromatic rings. The van der Waals surface area contributed by atoms with Crippen LogP contribution in [0.25, 0.3) is 10.9 Å². The Morgan fingerprint density at radius 2 is 1.71 bits per heavy atom. The Labute approximate surface area is 133 Å². The third-order valence-corrected chi connectivity index (χ3v) is 3.26. The Kier molecular flexibility index (Phi) is 6.02. The second-order valence-electron chi connectivity index (χ2n) is 4.29. The van der Waals surface area contributed by atoms with Crippen molar-refractivity contribution in [2.24, 2.45) is 0 Å². The first kappa shape index (κ1) is 17.3. The second-order valence-corrected chi connectivity index (χ2v) is 4.29. The fourth-order valence-electron chi connectivity index (χ4n) is 2.13. The highest BCUT2D eigenvalue weighted by molar-refractivity contribution is 8.93. The highest BCUT2D eigenvalue weighted by Crippen LogP contribution is 2.30. The van der Waals surface area contributed by atoms with Crippen LogP contribution in [0.15, 0.2) is 16.9 Å². The number of nitrogens with zero attached hydrogens (tertiary/aromatic N) is 2. The summed E-state index contributed by atoms with van der Waals surface area (Å²) >= 11 is 0. The Morgan fingerprint density at radius 1 is 1.14 bits per heavy atom. The van der Waals surface area contributed by atoms with E-state index >= 15 is 0 Å². The van der Waals surface area contributed by atoms with Crippen LogP contribution in [0, 0.1) is 0 Å². The Bertz CT molecular complexity index is 668. The molecule has 1 heterocycles. The summed E-state index contributed by atoms with van der Waals surface area (Å²) in [6.45, 7) is 5.58. The van der Waals surface area contributed by atoms with Crippen LogP contribution in [-0.4, -0.2) is 37.3 Å². The third kappa shape index (κ3) is 3.29. The second kappa shape index (κ2) is 7.31. The zero-order chi connectivity index (χ0) is 14.7. The zero-order valence-corrected chi connectivity index (χ0v) is 14.3. The van der Waals surface area contributed by atoms with Gasteiger partial charge in [0.15, 0.2) is 11.5 Å². The highest BCUT2D eigenvalue weighted by atomic mass is 79.9. The molecule has 0 saturated heterocycles. The number of halogens is 1. The van der Waals surface area contributed by atoms with Crippen molar-refractivity contribution >= 4 is 33.8 Å². The number of H-pyrrole nitrogens is 1. The average Bonchev–Trinajstić information content (AvgIpc) is 2.47. The van der Waals surface area contributed by atoms with Crippen molar-refractivity contribution in [3.05, 3.63) is 22.5 Å². The number of methoxy groups -OCH3 is 2. The molecule has 0 radical (unpaired) electrons. The van der Waals surface area contributed by atoms with Crippen LogP contribution in [0.5, 0.6) is 11.5 Å². The molecule has 1 N–H and O–H groups in total. The van der Waals surface area contributed by atoms with Gasteiger partial charge in [0.1, 0.15) is 0 Å². The molecule has 2 rings (SSSR count). The van der Waals surface area contributed by atoms with E-state index in [-0.39, 0.29) is 22.5 Å². The number of hydrogen-bond acceptors (Lipinski definition) is 5. The minimum atomic E-state index is -0.183. The van der Waals surface area contributed by atoms with Crippen LogP contribution >= 0.6 is 17.0 Å². The molecule has 21 heavy (non-hydrogen) atoms. The maximum absolute atomic E-state index is 12.2. The van der Waals surface area contributed by atoms with Crippen molar-refractivity contribution in [1.82, 2.24) is 9.97 Å². The lowest BCUT2D eigenvalue weighted by molar-refractivity contribution is 0.355. The molecular formula is C14H20BrN3O3. The number of benzene rings is 1. The number of anilines is 1. The number of aromatic amines is 1. The molecule has 0 aliphatic carbocycles. The van der Waals surface area contributed by atoms with Crippen LogP contribution in [0.2, 0.25) is 0 Å². The zero-order valence-electron chi connectivity index (χ0n) is 12.6. The lowest BCUT2D eigenvalue weighted by Gasteiger charge is -2.19. The van der Waals surface area contributed by atoms with Gasteiger partial charge in [0.2, 0.25) is 5.95 Å². The average molecular weight is 358 g/mol. The Morgan fingerprint density at radius 3 is 2.24 bits per heavy atom. The molecule has 0 aliphatic rings. The number of hydrogen-bond donors (Lipinski definition) is 1. The molecule has 0 aliphatic heterocycles. The smallest absolute Gasteiger partial charge is 0.260 e. The Balaban J connectivity index is 0.00000220. The van der Waals surface area contributed by atoms with Crippen molar-refractivity contribution in [2.45, 2.75) is 13.8 Å². The topological polar surface area (TPSA) is 67.5 Å². The van der Waals surface area contributed by atoms with E-state index in [1.807, 2.05) is 18.7 Å². The van der Waals surface area contributed by atoms with E-state index in [1.165, 1.54) is 7.11 Å². The number of aromatic nitrogens is 2. The lowest BCUT2D eigenvalue weighted by atomic mass is 10.2. The van der Waals surface area contributed by atoms with Gasteiger partial charge in [0.25, 0.3) is 5.56 Å². The molecule has 0 fully saturated rings. The largest absolute Gasteiger partial charge is 0.493 e. The van der Waals surface area contributed by atoms with Gasteiger partial charge in [0.05, 0.1) is 25.1 Å². The highest BCUT2D eigenvalue weighted by Gasteiger charge is 2.12. The van der Waals surface area contributed by atoms with Crippen LogP contribution in [0.3, 0.4) is 0 Å². The Hall–Kier alpha value is -1.76. The minimum absolute atomic E-state index is 0. The van der Waals surface area contributed by atoms with E-state index in [0.29, 0.717) is 28.4 Å². The van der Waals surface area contributed by atoms with Gasteiger partial charge >= 0.3 is 0 Å². The molecule has 116 valence electrons. The quantitative estimate of drug-likeness (QED) is 0.889. The molecule has 1 aromatic carbocycles. The van der Waals surface area contributed by atoms with Gasteiger partial charge in [-0.2, -0.15) is 0 Å². The van der Waals surface area contributed by atoms with Crippen LogP contribution < -0.4 is 19.9 Å². The van der Waals surface area contributed by atoms with E-state index in [4.69, 9.17) is 9.47 Å². The molecule has 6 nitrogen and oxygen atoms in total. The van der Waals surface area contributed by atoms with Gasteiger partial charge in [-0.15, -0.1) is 17.0 Å². The molecule has 0 atom stereocenters. The maximum Gasteiger partial charge on any atom is 0.260 e. The van der Waals surface area contributed by atoms with Gasteiger partial charge in [-0.3, -0.25) is 9.78 Å². The van der Waals surface area contributed by atoms with Gasteiger partial charge in [-0.1, -0.05) is 0 Å². The first-order chi connectivity index (χ1) is 9.64. The predicted molar refractivity (Wildman–Crippen MR) is 89.4 cm³/mol. The van der Waals surface area contributed by atoms with Gasteiger partial charge in [-0.05, 0) is 19.9 Å². The number of fused-ring (bicyclic) bond motifs is 1. The molecule has 1 aromatic heterocycles. The first-order valence-electron chi connectivity index (χ1n) is 6.55. The summed E-state index contributed by atoms with van der Waals surface area (Å²) in [6.07, 6.45) is 0. The normalized spacial score (nSPS) is 10.1. The van der Waals surface area contributed by atoms with Crippen molar-refractivity contribution in [3.63, 3.8) is 0 Å². The fraction of sp³-hybridized carbons (Fsp3) is 0.429. The van der Waals surface area contributed by atoms with Crippen LogP contribution in [0.1, 0.15) is 13.8 Å². The van der Waals surface area contributed by atoms with Crippen LogP contribution in [-0.2, 0) is 0 Å². The number of rotatable bonds is 5. The SMILES string of the molecule is Br.CCN(CC)c1nc2cc(OC)c(OC)cc2c(=O)[nH]1.